The second kappa shape index (κ2) is 11.9. The van der Waals surface area contributed by atoms with Crippen molar-refractivity contribution in [3.8, 4) is 0 Å². The zero-order valence-electron chi connectivity index (χ0n) is 12.3. The van der Waals surface area contributed by atoms with Gasteiger partial charge in [0.1, 0.15) is 0 Å². The number of aliphatic imine (C=N–C) groups is 1. The zero-order valence-corrected chi connectivity index (χ0v) is 14.6. The van der Waals surface area contributed by atoms with E-state index in [1.54, 1.807) is 14.0 Å². The fourth-order valence-electron chi connectivity index (χ4n) is 1.48. The SMILES string of the molecule is CCOCCCCNC(=NC)NCc1noc(C)n1.I. The molecule has 0 fully saturated rings. The van der Waals surface area contributed by atoms with E-state index >= 15 is 0 Å². The number of aromatic nitrogens is 2. The Morgan fingerprint density at radius 2 is 2.15 bits per heavy atom. The molecular formula is C12H24IN5O2. The minimum absolute atomic E-state index is 0. The highest BCUT2D eigenvalue weighted by atomic mass is 127. The molecule has 116 valence electrons. The van der Waals surface area contributed by atoms with E-state index in [1.807, 2.05) is 6.92 Å². The number of rotatable bonds is 8. The van der Waals surface area contributed by atoms with Crippen molar-refractivity contribution in [2.24, 2.45) is 4.99 Å². The second-order valence-corrected chi connectivity index (χ2v) is 3.99. The standard InChI is InChI=1S/C12H23N5O2.HI/c1-4-18-8-6-5-7-14-12(13-3)15-9-11-16-10(2)19-17-11;/h4-9H2,1-3H3,(H2,13,14,15);1H. The highest BCUT2D eigenvalue weighted by Crippen LogP contribution is 1.93. The summed E-state index contributed by atoms with van der Waals surface area (Å²) in [6.07, 6.45) is 2.09. The molecule has 0 saturated heterocycles. The van der Waals surface area contributed by atoms with E-state index in [-0.39, 0.29) is 24.0 Å². The van der Waals surface area contributed by atoms with Crippen molar-refractivity contribution < 1.29 is 9.26 Å². The fraction of sp³-hybridized carbons (Fsp3) is 0.750. The van der Waals surface area contributed by atoms with E-state index in [0.29, 0.717) is 18.3 Å². The summed E-state index contributed by atoms with van der Waals surface area (Å²) in [7, 11) is 1.73. The molecule has 0 bridgehead atoms. The largest absolute Gasteiger partial charge is 0.382 e. The highest BCUT2D eigenvalue weighted by molar-refractivity contribution is 14.0. The van der Waals surface area contributed by atoms with Crippen molar-refractivity contribution in [3.63, 3.8) is 0 Å². The van der Waals surface area contributed by atoms with Gasteiger partial charge in [0, 0.05) is 33.7 Å². The molecule has 0 spiro atoms. The summed E-state index contributed by atoms with van der Waals surface area (Å²) < 4.78 is 10.2. The summed E-state index contributed by atoms with van der Waals surface area (Å²) in [5.74, 6) is 1.92. The normalized spacial score (nSPS) is 11.1. The molecule has 0 aliphatic rings. The first kappa shape index (κ1) is 19.1. The van der Waals surface area contributed by atoms with E-state index in [4.69, 9.17) is 9.26 Å². The van der Waals surface area contributed by atoms with Gasteiger partial charge in [0.2, 0.25) is 5.89 Å². The second-order valence-electron chi connectivity index (χ2n) is 3.99. The number of nitrogens with zero attached hydrogens (tertiary/aromatic N) is 3. The summed E-state index contributed by atoms with van der Waals surface area (Å²) in [6.45, 7) is 6.71. The van der Waals surface area contributed by atoms with Gasteiger partial charge in [-0.15, -0.1) is 24.0 Å². The fourth-order valence-corrected chi connectivity index (χ4v) is 1.48. The van der Waals surface area contributed by atoms with Crippen molar-refractivity contribution in [2.75, 3.05) is 26.8 Å². The third-order valence-corrected chi connectivity index (χ3v) is 2.42. The number of hydrogen-bond acceptors (Lipinski definition) is 5. The quantitative estimate of drug-likeness (QED) is 0.299. The Bertz CT molecular complexity index is 384. The first-order valence-electron chi connectivity index (χ1n) is 6.57. The molecule has 1 heterocycles. The molecule has 8 heteroatoms. The van der Waals surface area contributed by atoms with Crippen LogP contribution in [-0.2, 0) is 11.3 Å². The molecule has 7 nitrogen and oxygen atoms in total. The predicted octanol–water partition coefficient (Wildman–Crippen LogP) is 1.48. The Kier molecular flexibility index (Phi) is 11.4. The smallest absolute Gasteiger partial charge is 0.223 e. The average molecular weight is 397 g/mol. The Labute approximate surface area is 137 Å². The van der Waals surface area contributed by atoms with Crippen LogP contribution < -0.4 is 10.6 Å². The van der Waals surface area contributed by atoms with Gasteiger partial charge < -0.3 is 19.9 Å². The molecule has 0 saturated carbocycles. The van der Waals surface area contributed by atoms with Gasteiger partial charge in [0.25, 0.3) is 0 Å². The summed E-state index contributed by atoms with van der Waals surface area (Å²) >= 11 is 0. The summed E-state index contributed by atoms with van der Waals surface area (Å²) in [5.41, 5.74) is 0. The third kappa shape index (κ3) is 8.31. The first-order chi connectivity index (χ1) is 9.26. The molecule has 20 heavy (non-hydrogen) atoms. The van der Waals surface area contributed by atoms with Crippen LogP contribution in [0.4, 0.5) is 0 Å². The molecule has 1 aromatic heterocycles. The Morgan fingerprint density at radius 1 is 1.35 bits per heavy atom. The lowest BCUT2D eigenvalue weighted by molar-refractivity contribution is 0.143. The maximum Gasteiger partial charge on any atom is 0.223 e. The predicted molar refractivity (Wildman–Crippen MR) is 88.4 cm³/mol. The highest BCUT2D eigenvalue weighted by Gasteiger charge is 2.03. The molecule has 0 aliphatic heterocycles. The van der Waals surface area contributed by atoms with Crippen LogP contribution in [-0.4, -0.2) is 42.9 Å². The van der Waals surface area contributed by atoms with E-state index in [9.17, 15) is 0 Å². The number of hydrogen-bond donors (Lipinski definition) is 2. The maximum absolute atomic E-state index is 5.27. The van der Waals surface area contributed by atoms with Crippen LogP contribution in [0.2, 0.25) is 0 Å². The molecule has 0 amide bonds. The van der Waals surface area contributed by atoms with Crippen molar-refractivity contribution in [1.82, 2.24) is 20.8 Å². The Morgan fingerprint density at radius 3 is 2.75 bits per heavy atom. The van der Waals surface area contributed by atoms with Gasteiger partial charge in [-0.3, -0.25) is 4.99 Å². The van der Waals surface area contributed by atoms with Crippen LogP contribution in [0.15, 0.2) is 9.52 Å². The summed E-state index contributed by atoms with van der Waals surface area (Å²) in [5, 5.41) is 10.1. The lowest BCUT2D eigenvalue weighted by Crippen LogP contribution is -2.37. The van der Waals surface area contributed by atoms with Gasteiger partial charge in [-0.05, 0) is 19.8 Å². The number of ether oxygens (including phenoxy) is 1. The van der Waals surface area contributed by atoms with Crippen LogP contribution in [0.1, 0.15) is 31.5 Å². The monoisotopic (exact) mass is 397 g/mol. The third-order valence-electron chi connectivity index (χ3n) is 2.42. The van der Waals surface area contributed by atoms with Gasteiger partial charge in [-0.1, -0.05) is 5.16 Å². The lowest BCUT2D eigenvalue weighted by Gasteiger charge is -2.10. The maximum atomic E-state index is 5.27. The molecule has 2 N–H and O–H groups in total. The number of aryl methyl sites for hydroxylation is 1. The Balaban J connectivity index is 0.00000361. The van der Waals surface area contributed by atoms with Gasteiger partial charge in [0.05, 0.1) is 6.54 Å². The number of halogens is 1. The van der Waals surface area contributed by atoms with Gasteiger partial charge in [-0.2, -0.15) is 4.98 Å². The van der Waals surface area contributed by atoms with E-state index in [2.05, 4.69) is 25.8 Å². The molecule has 0 aromatic carbocycles. The van der Waals surface area contributed by atoms with Crippen molar-refractivity contribution >= 4 is 29.9 Å². The number of guanidine groups is 1. The molecule has 1 aromatic rings. The van der Waals surface area contributed by atoms with E-state index in [1.165, 1.54) is 0 Å². The number of nitrogens with one attached hydrogen (secondary N) is 2. The molecule has 1 rings (SSSR count). The zero-order chi connectivity index (χ0) is 13.9. The van der Waals surface area contributed by atoms with Crippen LogP contribution >= 0.6 is 24.0 Å². The molecule has 0 aliphatic carbocycles. The van der Waals surface area contributed by atoms with Crippen molar-refractivity contribution in [3.05, 3.63) is 11.7 Å². The molecule has 0 radical (unpaired) electrons. The van der Waals surface area contributed by atoms with Crippen molar-refractivity contribution in [2.45, 2.75) is 33.2 Å². The molecular weight excluding hydrogens is 373 g/mol. The van der Waals surface area contributed by atoms with Crippen LogP contribution in [0, 0.1) is 6.92 Å². The minimum atomic E-state index is 0. The van der Waals surface area contributed by atoms with Crippen LogP contribution in [0.3, 0.4) is 0 Å². The number of unbranched alkanes of at least 4 members (excludes halogenated alkanes) is 1. The molecule has 0 unspecified atom stereocenters. The average Bonchev–Trinajstić information content (AvgIpc) is 2.83. The van der Waals surface area contributed by atoms with Crippen LogP contribution in [0.25, 0.3) is 0 Å². The summed E-state index contributed by atoms with van der Waals surface area (Å²) in [6, 6.07) is 0. The minimum Gasteiger partial charge on any atom is -0.382 e. The van der Waals surface area contributed by atoms with Crippen molar-refractivity contribution in [1.29, 1.82) is 0 Å². The Hall–Kier alpha value is -0.900. The van der Waals surface area contributed by atoms with Gasteiger partial charge >= 0.3 is 0 Å². The van der Waals surface area contributed by atoms with E-state index in [0.717, 1.165) is 38.6 Å². The topological polar surface area (TPSA) is 84.6 Å². The van der Waals surface area contributed by atoms with Gasteiger partial charge in [0.15, 0.2) is 11.8 Å². The van der Waals surface area contributed by atoms with Crippen LogP contribution in [0.5, 0.6) is 0 Å². The summed E-state index contributed by atoms with van der Waals surface area (Å²) in [4.78, 5) is 8.23. The first-order valence-corrected chi connectivity index (χ1v) is 6.57. The van der Waals surface area contributed by atoms with Gasteiger partial charge in [-0.25, -0.2) is 0 Å². The lowest BCUT2D eigenvalue weighted by atomic mass is 10.3. The van der Waals surface area contributed by atoms with E-state index < -0.39 is 0 Å². The molecule has 0 atom stereocenters.